The maximum atomic E-state index is 13.9. The molecular weight excluding hydrogens is 503 g/mol. The van der Waals surface area contributed by atoms with E-state index in [2.05, 4.69) is 13.8 Å². The van der Waals surface area contributed by atoms with E-state index in [1.165, 1.54) is 0 Å². The first kappa shape index (κ1) is 25.3. The van der Waals surface area contributed by atoms with Crippen LogP contribution in [0.5, 0.6) is 0 Å². The van der Waals surface area contributed by atoms with Crippen LogP contribution in [0.4, 0.5) is 5.69 Å². The van der Waals surface area contributed by atoms with Crippen molar-refractivity contribution in [3.63, 3.8) is 0 Å². The van der Waals surface area contributed by atoms with Gasteiger partial charge in [-0.1, -0.05) is 79.0 Å². The highest BCUT2D eigenvalue weighted by atomic mass is 35.5. The number of nitrogens with one attached hydrogen (secondary N) is 1. The lowest BCUT2D eigenvalue weighted by Gasteiger charge is -2.45. The van der Waals surface area contributed by atoms with Crippen LogP contribution in [-0.2, 0) is 4.79 Å². The Kier molecular flexibility index (Phi) is 6.51. The van der Waals surface area contributed by atoms with Crippen LogP contribution >= 0.6 is 23.2 Å². The number of halogens is 2. The third-order valence-electron chi connectivity index (χ3n) is 7.09. The molecule has 0 unspecified atom stereocenters. The highest BCUT2D eigenvalue weighted by Crippen LogP contribution is 2.51. The fourth-order valence-electron chi connectivity index (χ4n) is 5.34. The molecule has 2 N–H and O–H groups in total. The normalized spacial score (nSPS) is 20.7. The molecule has 2 aliphatic rings. The third-order valence-corrected chi connectivity index (χ3v) is 7.59. The number of hydrogen-bond acceptors (Lipinski definition) is 3. The average molecular weight is 531 g/mol. The third kappa shape index (κ3) is 4.72. The summed E-state index contributed by atoms with van der Waals surface area (Å²) in [6.45, 7) is 6.13. The summed E-state index contributed by atoms with van der Waals surface area (Å²) in [5.41, 5.74) is 4.68. The summed E-state index contributed by atoms with van der Waals surface area (Å²) in [5.74, 6) is -0.474. The van der Waals surface area contributed by atoms with Gasteiger partial charge in [-0.05, 0) is 60.7 Å². The van der Waals surface area contributed by atoms with Crippen LogP contribution in [0.3, 0.4) is 0 Å². The summed E-state index contributed by atoms with van der Waals surface area (Å²) >= 11 is 12.4. The second-order valence-corrected chi connectivity index (χ2v) is 11.4. The zero-order chi connectivity index (χ0) is 26.5. The largest absolute Gasteiger partial charge is 0.507 e. The van der Waals surface area contributed by atoms with Gasteiger partial charge in [-0.25, -0.2) is 0 Å². The maximum absolute atomic E-state index is 13.9. The van der Waals surface area contributed by atoms with Gasteiger partial charge in [-0.15, -0.1) is 0 Å². The molecule has 6 heteroatoms. The number of ketones is 1. The van der Waals surface area contributed by atoms with Crippen molar-refractivity contribution in [2.24, 2.45) is 5.41 Å². The predicted octanol–water partition coefficient (Wildman–Crippen LogP) is 8.50. The molecule has 4 nitrogen and oxygen atoms in total. The van der Waals surface area contributed by atoms with Crippen molar-refractivity contribution in [1.82, 2.24) is 0 Å². The van der Waals surface area contributed by atoms with E-state index in [4.69, 9.17) is 23.2 Å². The predicted molar refractivity (Wildman–Crippen MR) is 152 cm³/mol. The average Bonchev–Trinajstić information content (AvgIpc) is 2.84. The fraction of sp³-hybridized carbons (Fsp3) is 0.226. The number of aliphatic hydroxyl groups excluding tert-OH is 1. The Morgan fingerprint density at radius 3 is 2.08 bits per heavy atom. The Morgan fingerprint density at radius 2 is 1.49 bits per heavy atom. The Morgan fingerprint density at radius 1 is 0.919 bits per heavy atom. The quantitative estimate of drug-likeness (QED) is 0.333. The molecule has 0 saturated carbocycles. The Bertz CT molecular complexity index is 1450. The van der Waals surface area contributed by atoms with E-state index in [0.29, 0.717) is 39.6 Å². The molecule has 1 atom stereocenters. The minimum Gasteiger partial charge on any atom is -0.507 e. The number of aryl methyl sites for hydroxylation is 1. The number of carbonyl (C=O) groups excluding carboxylic acids is 1. The first-order valence-corrected chi connectivity index (χ1v) is 13.0. The number of Topliss-reactive ketones (excluding diaryl/α,β-unsaturated/α-hetero) is 1. The maximum Gasteiger partial charge on any atom is 0.162 e. The standard InChI is InChI=1S/C31H28Cl2N2O2/c1-18-4-6-20(7-5-18)29(37)28-26(19-8-10-21(32)11-9-19)27-24(16-31(2,3)17-25(27)36)35(30(28)34)23-14-12-22(33)13-15-23/h4-15,26,34,37H,16-17H2,1-3H3/b29-28+,34-30?/t26-/m0/s1. The first-order valence-electron chi connectivity index (χ1n) is 12.2. The first-order chi connectivity index (χ1) is 17.6. The number of nitrogens with zero attached hydrogens (tertiary/aromatic N) is 1. The number of carbonyl (C=O) groups is 1. The monoisotopic (exact) mass is 530 g/mol. The number of hydrogen-bond donors (Lipinski definition) is 2. The van der Waals surface area contributed by atoms with Crippen LogP contribution in [-0.4, -0.2) is 16.7 Å². The molecule has 0 bridgehead atoms. The number of allylic oxidation sites excluding steroid dienone is 2. The molecule has 0 aromatic heterocycles. The number of benzene rings is 3. The van der Waals surface area contributed by atoms with E-state index in [9.17, 15) is 15.3 Å². The van der Waals surface area contributed by atoms with Crippen molar-refractivity contribution in [3.8, 4) is 0 Å². The minimum atomic E-state index is -0.604. The summed E-state index contributed by atoms with van der Waals surface area (Å²) < 4.78 is 0. The topological polar surface area (TPSA) is 64.4 Å². The zero-order valence-electron chi connectivity index (χ0n) is 21.0. The van der Waals surface area contributed by atoms with E-state index in [1.807, 2.05) is 55.5 Å². The van der Waals surface area contributed by atoms with Gasteiger partial charge in [0.15, 0.2) is 5.78 Å². The molecule has 37 heavy (non-hydrogen) atoms. The van der Waals surface area contributed by atoms with Crippen LogP contribution < -0.4 is 4.90 Å². The lowest BCUT2D eigenvalue weighted by molar-refractivity contribution is -0.118. The SMILES string of the molecule is Cc1ccc(/C(O)=C2\C(=N)N(c3ccc(Cl)cc3)C3=C(C(=O)CC(C)(C)C3)[C@@H]2c2ccc(Cl)cc2)cc1. The molecule has 3 aromatic rings. The molecule has 1 aliphatic carbocycles. The van der Waals surface area contributed by atoms with Crippen LogP contribution in [0, 0.1) is 17.7 Å². The summed E-state index contributed by atoms with van der Waals surface area (Å²) in [6.07, 6.45) is 0.998. The van der Waals surface area contributed by atoms with Gasteiger partial charge in [0.25, 0.3) is 0 Å². The second-order valence-electron chi connectivity index (χ2n) is 10.6. The molecule has 0 fully saturated rings. The van der Waals surface area contributed by atoms with Crippen molar-refractivity contribution in [2.45, 2.75) is 39.5 Å². The summed E-state index contributed by atoms with van der Waals surface area (Å²) in [7, 11) is 0. The van der Waals surface area contributed by atoms with Crippen molar-refractivity contribution in [2.75, 3.05) is 4.90 Å². The molecule has 188 valence electrons. The highest BCUT2D eigenvalue weighted by Gasteiger charge is 2.46. The van der Waals surface area contributed by atoms with Gasteiger partial charge in [0.1, 0.15) is 11.6 Å². The van der Waals surface area contributed by atoms with Gasteiger partial charge in [-0.2, -0.15) is 0 Å². The highest BCUT2D eigenvalue weighted by molar-refractivity contribution is 6.31. The van der Waals surface area contributed by atoms with E-state index < -0.39 is 5.92 Å². The molecule has 0 radical (unpaired) electrons. The molecule has 0 saturated heterocycles. The van der Waals surface area contributed by atoms with E-state index in [1.54, 1.807) is 29.2 Å². The van der Waals surface area contributed by atoms with E-state index >= 15 is 0 Å². The minimum absolute atomic E-state index is 0.0202. The lowest BCUT2D eigenvalue weighted by Crippen LogP contribution is -2.45. The van der Waals surface area contributed by atoms with Crippen LogP contribution in [0.15, 0.2) is 89.6 Å². The Hall–Kier alpha value is -3.34. The van der Waals surface area contributed by atoms with Gasteiger partial charge in [0, 0.05) is 50.5 Å². The summed E-state index contributed by atoms with van der Waals surface area (Å²) in [6, 6.07) is 22.1. The molecular formula is C31H28Cl2N2O2. The Balaban J connectivity index is 1.84. The van der Waals surface area contributed by atoms with E-state index in [-0.39, 0.29) is 22.8 Å². The van der Waals surface area contributed by atoms with Gasteiger partial charge in [0.2, 0.25) is 0 Å². The van der Waals surface area contributed by atoms with Gasteiger partial charge < -0.3 is 5.11 Å². The molecule has 3 aromatic carbocycles. The number of anilines is 1. The van der Waals surface area contributed by atoms with Crippen molar-refractivity contribution < 1.29 is 9.90 Å². The zero-order valence-corrected chi connectivity index (χ0v) is 22.5. The summed E-state index contributed by atoms with van der Waals surface area (Å²) in [4.78, 5) is 15.7. The van der Waals surface area contributed by atoms with E-state index in [0.717, 1.165) is 22.5 Å². The van der Waals surface area contributed by atoms with Crippen LogP contribution in [0.25, 0.3) is 5.76 Å². The van der Waals surface area contributed by atoms with Gasteiger partial charge in [-0.3, -0.25) is 15.1 Å². The second kappa shape index (κ2) is 9.51. The summed E-state index contributed by atoms with van der Waals surface area (Å²) in [5, 5.41) is 22.3. The number of rotatable bonds is 3. The molecule has 1 heterocycles. The molecule has 0 spiro atoms. The number of aliphatic hydroxyl groups is 1. The fourth-order valence-corrected chi connectivity index (χ4v) is 5.60. The van der Waals surface area contributed by atoms with Crippen LogP contribution in [0.2, 0.25) is 10.0 Å². The van der Waals surface area contributed by atoms with Crippen molar-refractivity contribution in [1.29, 1.82) is 5.41 Å². The van der Waals surface area contributed by atoms with Gasteiger partial charge >= 0.3 is 0 Å². The van der Waals surface area contributed by atoms with Gasteiger partial charge in [0.05, 0.1) is 0 Å². The van der Waals surface area contributed by atoms with Crippen LogP contribution in [0.1, 0.15) is 49.3 Å². The molecule has 0 amide bonds. The molecule has 1 aliphatic heterocycles. The number of amidine groups is 1. The smallest absolute Gasteiger partial charge is 0.162 e. The van der Waals surface area contributed by atoms with Crippen molar-refractivity contribution >= 4 is 46.3 Å². The van der Waals surface area contributed by atoms with Crippen molar-refractivity contribution in [3.05, 3.63) is 116 Å². The Labute approximate surface area is 227 Å². The molecule has 5 rings (SSSR count). The lowest BCUT2D eigenvalue weighted by atomic mass is 9.67.